The van der Waals surface area contributed by atoms with Gasteiger partial charge in [-0.3, -0.25) is 14.6 Å². The van der Waals surface area contributed by atoms with Gasteiger partial charge in [-0.1, -0.05) is 12.8 Å². The molecule has 3 rings (SSSR count). The Morgan fingerprint density at radius 1 is 1.17 bits per heavy atom. The number of pyridine rings is 2. The van der Waals surface area contributed by atoms with Crippen LogP contribution in [0.15, 0.2) is 41.5 Å². The molecule has 1 N–H and O–H groups in total. The SMILES string of the molecule is Cc1ccc(C(=O)N2CCCCC[C@@H]2c2ccncc2)c(=O)[nH]1. The number of aromatic amines is 1. The molecule has 1 saturated heterocycles. The molecule has 0 saturated carbocycles. The molecule has 1 aliphatic rings. The molecule has 1 atom stereocenters. The molecule has 0 aromatic carbocycles. The summed E-state index contributed by atoms with van der Waals surface area (Å²) in [5, 5.41) is 0. The minimum Gasteiger partial charge on any atom is -0.331 e. The van der Waals surface area contributed by atoms with E-state index in [-0.39, 0.29) is 23.1 Å². The highest BCUT2D eigenvalue weighted by molar-refractivity contribution is 5.94. The van der Waals surface area contributed by atoms with Crippen LogP contribution in [-0.4, -0.2) is 27.3 Å². The van der Waals surface area contributed by atoms with Gasteiger partial charge >= 0.3 is 0 Å². The predicted molar refractivity (Wildman–Crippen MR) is 88.3 cm³/mol. The molecule has 0 spiro atoms. The van der Waals surface area contributed by atoms with E-state index in [1.54, 1.807) is 31.5 Å². The normalized spacial score (nSPS) is 18.5. The van der Waals surface area contributed by atoms with E-state index in [1.807, 2.05) is 17.0 Å². The Balaban J connectivity index is 1.96. The second kappa shape index (κ2) is 6.77. The van der Waals surface area contributed by atoms with Crippen LogP contribution in [0.5, 0.6) is 0 Å². The molecule has 0 radical (unpaired) electrons. The van der Waals surface area contributed by atoms with Gasteiger partial charge in [-0.15, -0.1) is 0 Å². The lowest BCUT2D eigenvalue weighted by atomic mass is 10.0. The predicted octanol–water partition coefficient (Wildman–Crippen LogP) is 2.84. The van der Waals surface area contributed by atoms with Gasteiger partial charge in [0, 0.05) is 24.6 Å². The number of H-pyrrole nitrogens is 1. The van der Waals surface area contributed by atoms with E-state index < -0.39 is 0 Å². The molecule has 0 unspecified atom stereocenters. The van der Waals surface area contributed by atoms with Gasteiger partial charge < -0.3 is 9.88 Å². The van der Waals surface area contributed by atoms with Crippen molar-refractivity contribution in [2.75, 3.05) is 6.54 Å². The van der Waals surface area contributed by atoms with Gasteiger partial charge in [-0.05, 0) is 49.6 Å². The Labute approximate surface area is 135 Å². The Kier molecular flexibility index (Phi) is 4.55. The van der Waals surface area contributed by atoms with Gasteiger partial charge in [0.15, 0.2) is 0 Å². The maximum Gasteiger partial charge on any atom is 0.260 e. The van der Waals surface area contributed by atoms with E-state index in [0.29, 0.717) is 6.54 Å². The largest absolute Gasteiger partial charge is 0.331 e. The van der Waals surface area contributed by atoms with Crippen molar-refractivity contribution in [3.63, 3.8) is 0 Å². The first-order chi connectivity index (χ1) is 11.2. The zero-order chi connectivity index (χ0) is 16.2. The highest BCUT2D eigenvalue weighted by Crippen LogP contribution is 2.30. The minimum absolute atomic E-state index is 0.00806. The number of aryl methyl sites for hydroxylation is 1. The lowest BCUT2D eigenvalue weighted by molar-refractivity contribution is 0.0679. The van der Waals surface area contributed by atoms with Gasteiger partial charge in [0.25, 0.3) is 11.5 Å². The summed E-state index contributed by atoms with van der Waals surface area (Å²) < 4.78 is 0. The fourth-order valence-corrected chi connectivity index (χ4v) is 3.18. The first-order valence-corrected chi connectivity index (χ1v) is 8.07. The smallest absolute Gasteiger partial charge is 0.260 e. The molecule has 3 heterocycles. The molecule has 120 valence electrons. The third-order valence-corrected chi connectivity index (χ3v) is 4.39. The second-order valence-electron chi connectivity index (χ2n) is 6.03. The van der Waals surface area contributed by atoms with Gasteiger partial charge in [0.1, 0.15) is 5.56 Å². The summed E-state index contributed by atoms with van der Waals surface area (Å²) >= 11 is 0. The zero-order valence-corrected chi connectivity index (χ0v) is 13.3. The molecule has 1 fully saturated rings. The van der Waals surface area contributed by atoms with E-state index in [1.165, 1.54) is 0 Å². The quantitative estimate of drug-likeness (QED) is 0.927. The van der Waals surface area contributed by atoms with Gasteiger partial charge in [0.2, 0.25) is 0 Å². The number of hydrogen-bond acceptors (Lipinski definition) is 3. The van der Waals surface area contributed by atoms with Gasteiger partial charge in [-0.2, -0.15) is 0 Å². The van der Waals surface area contributed by atoms with Crippen LogP contribution >= 0.6 is 0 Å². The van der Waals surface area contributed by atoms with Crippen molar-refractivity contribution in [2.24, 2.45) is 0 Å². The van der Waals surface area contributed by atoms with Crippen molar-refractivity contribution in [2.45, 2.75) is 38.6 Å². The van der Waals surface area contributed by atoms with Crippen LogP contribution in [0.1, 0.15) is 53.3 Å². The third-order valence-electron chi connectivity index (χ3n) is 4.39. The van der Waals surface area contributed by atoms with Crippen LogP contribution in [0.4, 0.5) is 0 Å². The average molecular weight is 311 g/mol. The fraction of sp³-hybridized carbons (Fsp3) is 0.389. The standard InChI is InChI=1S/C18H21N3O2/c1-13-6-7-15(17(22)20-13)18(23)21-12-4-2-3-5-16(21)14-8-10-19-11-9-14/h6-11,16H,2-5,12H2,1H3,(H,20,22)/t16-/m1/s1. The Morgan fingerprint density at radius 2 is 1.96 bits per heavy atom. The number of rotatable bonds is 2. The monoisotopic (exact) mass is 311 g/mol. The topological polar surface area (TPSA) is 66.1 Å². The molecule has 2 aromatic rings. The van der Waals surface area contributed by atoms with Crippen LogP contribution in [-0.2, 0) is 0 Å². The number of carbonyl (C=O) groups excluding carboxylic acids is 1. The molecule has 0 bridgehead atoms. The number of hydrogen-bond donors (Lipinski definition) is 1. The van der Waals surface area contributed by atoms with Crippen LogP contribution in [0.2, 0.25) is 0 Å². The summed E-state index contributed by atoms with van der Waals surface area (Å²) in [5.41, 5.74) is 1.75. The first-order valence-electron chi connectivity index (χ1n) is 8.07. The van der Waals surface area contributed by atoms with Crippen LogP contribution in [0.25, 0.3) is 0 Å². The highest BCUT2D eigenvalue weighted by atomic mass is 16.2. The first kappa shape index (κ1) is 15.5. The average Bonchev–Trinajstić information content (AvgIpc) is 2.81. The van der Waals surface area contributed by atoms with E-state index >= 15 is 0 Å². The van der Waals surface area contributed by atoms with Gasteiger partial charge in [0.05, 0.1) is 6.04 Å². The van der Waals surface area contributed by atoms with Crippen LogP contribution < -0.4 is 5.56 Å². The third kappa shape index (κ3) is 3.33. The highest BCUT2D eigenvalue weighted by Gasteiger charge is 2.28. The fourth-order valence-electron chi connectivity index (χ4n) is 3.18. The molecule has 5 nitrogen and oxygen atoms in total. The van der Waals surface area contributed by atoms with E-state index in [0.717, 1.165) is 36.9 Å². The lowest BCUT2D eigenvalue weighted by Gasteiger charge is -2.30. The van der Waals surface area contributed by atoms with Crippen LogP contribution in [0.3, 0.4) is 0 Å². The Morgan fingerprint density at radius 3 is 2.70 bits per heavy atom. The Hall–Kier alpha value is -2.43. The zero-order valence-electron chi connectivity index (χ0n) is 13.3. The number of aromatic nitrogens is 2. The van der Waals surface area contributed by atoms with Crippen molar-refractivity contribution >= 4 is 5.91 Å². The molecular formula is C18H21N3O2. The van der Waals surface area contributed by atoms with E-state index in [2.05, 4.69) is 9.97 Å². The number of nitrogens with zero attached hydrogens (tertiary/aromatic N) is 2. The van der Waals surface area contributed by atoms with Gasteiger partial charge in [-0.25, -0.2) is 0 Å². The van der Waals surface area contributed by atoms with Crippen molar-refractivity contribution in [1.29, 1.82) is 0 Å². The maximum atomic E-state index is 13.0. The van der Waals surface area contributed by atoms with Crippen molar-refractivity contribution in [3.8, 4) is 0 Å². The molecule has 1 amide bonds. The molecular weight excluding hydrogens is 290 g/mol. The number of carbonyl (C=O) groups is 1. The van der Waals surface area contributed by atoms with Crippen LogP contribution in [0, 0.1) is 6.92 Å². The summed E-state index contributed by atoms with van der Waals surface area (Å²) in [6.45, 7) is 2.49. The van der Waals surface area contributed by atoms with Crippen molar-refractivity contribution in [1.82, 2.24) is 14.9 Å². The van der Waals surface area contributed by atoms with E-state index in [9.17, 15) is 9.59 Å². The summed E-state index contributed by atoms with van der Waals surface area (Å²) in [6, 6.07) is 7.32. The second-order valence-corrected chi connectivity index (χ2v) is 6.03. The van der Waals surface area contributed by atoms with Crippen molar-refractivity contribution < 1.29 is 4.79 Å². The summed E-state index contributed by atoms with van der Waals surface area (Å²) in [6.07, 6.45) is 7.58. The minimum atomic E-state index is -0.312. The number of nitrogens with one attached hydrogen (secondary N) is 1. The molecule has 23 heavy (non-hydrogen) atoms. The molecule has 1 aliphatic heterocycles. The molecule has 5 heteroatoms. The molecule has 2 aromatic heterocycles. The number of amides is 1. The maximum absolute atomic E-state index is 13.0. The summed E-state index contributed by atoms with van der Waals surface area (Å²) in [4.78, 5) is 33.7. The summed E-state index contributed by atoms with van der Waals surface area (Å²) in [7, 11) is 0. The van der Waals surface area contributed by atoms with E-state index in [4.69, 9.17) is 0 Å². The molecule has 0 aliphatic carbocycles. The Bertz CT molecular complexity index is 739. The lowest BCUT2D eigenvalue weighted by Crippen LogP contribution is -2.37. The number of likely N-dealkylation sites (tertiary alicyclic amines) is 1. The van der Waals surface area contributed by atoms with Crippen molar-refractivity contribution in [3.05, 3.63) is 63.8 Å². The summed E-state index contributed by atoms with van der Waals surface area (Å²) in [5.74, 6) is -0.185.